The summed E-state index contributed by atoms with van der Waals surface area (Å²) in [6, 6.07) is 7.61. The minimum atomic E-state index is -0.249. The van der Waals surface area contributed by atoms with Gasteiger partial charge in [-0.2, -0.15) is 5.10 Å². The monoisotopic (exact) mass is 426 g/mol. The molecule has 0 saturated heterocycles. The van der Waals surface area contributed by atoms with E-state index in [1.807, 2.05) is 29.7 Å². The molecule has 27 heavy (non-hydrogen) atoms. The first kappa shape index (κ1) is 17.7. The number of nitrogens with one attached hydrogen (secondary N) is 2. The highest BCUT2D eigenvalue weighted by Gasteiger charge is 2.20. The van der Waals surface area contributed by atoms with Gasteiger partial charge in [-0.15, -0.1) is 0 Å². The Balaban J connectivity index is 1.80. The molecule has 0 radical (unpaired) electrons. The second kappa shape index (κ2) is 7.48. The lowest BCUT2D eigenvalue weighted by Gasteiger charge is -2.12. The molecule has 2 aromatic heterocycles. The van der Waals surface area contributed by atoms with E-state index in [9.17, 15) is 4.79 Å². The number of imidazole rings is 1. The standard InChI is InChI=1S/C19H19BrN6O/c1-12-9-13(11-21-10-12)18(27)24-19-23-15-6-4-5-14(20)17(15)26(19)16-7-2-3-8-22-25-16/h4-6,9-11,22H,2-3,7-8H2,1H3,(H,23,24,27). The zero-order valence-electron chi connectivity index (χ0n) is 14.9. The van der Waals surface area contributed by atoms with E-state index in [0.29, 0.717) is 11.5 Å². The summed E-state index contributed by atoms with van der Waals surface area (Å²) in [5, 5.41) is 7.45. The molecular weight excluding hydrogens is 408 g/mol. The highest BCUT2D eigenvalue weighted by molar-refractivity contribution is 9.10. The van der Waals surface area contributed by atoms with Gasteiger partial charge in [0.2, 0.25) is 5.95 Å². The maximum Gasteiger partial charge on any atom is 0.259 e. The maximum atomic E-state index is 12.8. The van der Waals surface area contributed by atoms with Gasteiger partial charge in [0.05, 0.1) is 16.6 Å². The Morgan fingerprint density at radius 1 is 1.30 bits per heavy atom. The van der Waals surface area contributed by atoms with E-state index in [-0.39, 0.29) is 5.91 Å². The lowest BCUT2D eigenvalue weighted by atomic mass is 10.2. The Labute approximate surface area is 165 Å². The average molecular weight is 427 g/mol. The number of rotatable bonds is 2. The van der Waals surface area contributed by atoms with Crippen LogP contribution in [-0.2, 0) is 0 Å². The van der Waals surface area contributed by atoms with Gasteiger partial charge in [-0.3, -0.25) is 19.7 Å². The highest BCUT2D eigenvalue weighted by Crippen LogP contribution is 2.28. The summed E-state index contributed by atoms with van der Waals surface area (Å²) in [4.78, 5) is 21.5. The molecule has 0 unspecified atom stereocenters. The molecule has 0 bridgehead atoms. The summed E-state index contributed by atoms with van der Waals surface area (Å²) in [5.74, 6) is 1.03. The number of para-hydroxylation sites is 1. The number of hydrogen-bond donors (Lipinski definition) is 2. The minimum absolute atomic E-state index is 0.249. The molecule has 8 heteroatoms. The van der Waals surface area contributed by atoms with Crippen molar-refractivity contribution in [2.45, 2.75) is 26.2 Å². The number of hydrazone groups is 1. The van der Waals surface area contributed by atoms with Crippen LogP contribution in [0.15, 0.2) is 46.2 Å². The fourth-order valence-corrected chi connectivity index (χ4v) is 3.66. The van der Waals surface area contributed by atoms with Crippen molar-refractivity contribution in [2.24, 2.45) is 5.10 Å². The van der Waals surface area contributed by atoms with Crippen LogP contribution >= 0.6 is 15.9 Å². The SMILES string of the molecule is Cc1cncc(C(=O)Nc2nc3cccc(Br)c3n2C2=NNCCCC2)c1. The van der Waals surface area contributed by atoms with Crippen LogP contribution in [0.2, 0.25) is 0 Å². The molecule has 2 N–H and O–H groups in total. The number of hydrogen-bond acceptors (Lipinski definition) is 5. The van der Waals surface area contributed by atoms with Gasteiger partial charge in [0.25, 0.3) is 5.91 Å². The van der Waals surface area contributed by atoms with Gasteiger partial charge >= 0.3 is 0 Å². The van der Waals surface area contributed by atoms with Crippen molar-refractivity contribution in [3.05, 3.63) is 52.3 Å². The van der Waals surface area contributed by atoms with Crippen LogP contribution in [0.3, 0.4) is 0 Å². The summed E-state index contributed by atoms with van der Waals surface area (Å²) >= 11 is 3.61. The van der Waals surface area contributed by atoms with Crippen molar-refractivity contribution >= 4 is 44.7 Å². The number of pyridine rings is 1. The summed E-state index contributed by atoms with van der Waals surface area (Å²) in [5.41, 5.74) is 6.18. The third-order valence-electron chi connectivity index (χ3n) is 4.39. The first-order valence-corrected chi connectivity index (χ1v) is 9.62. The van der Waals surface area contributed by atoms with E-state index in [1.54, 1.807) is 18.5 Å². The molecule has 0 fully saturated rings. The van der Waals surface area contributed by atoms with Crippen molar-refractivity contribution in [3.63, 3.8) is 0 Å². The lowest BCUT2D eigenvalue weighted by Crippen LogP contribution is -2.21. The number of carbonyl (C=O) groups excluding carboxylic acids is 1. The summed E-state index contributed by atoms with van der Waals surface area (Å²) < 4.78 is 2.82. The lowest BCUT2D eigenvalue weighted by molar-refractivity contribution is 0.102. The second-order valence-corrected chi connectivity index (χ2v) is 7.33. The molecule has 1 aromatic carbocycles. The van der Waals surface area contributed by atoms with E-state index in [4.69, 9.17) is 0 Å². The molecule has 0 spiro atoms. The molecule has 1 aliphatic rings. The van der Waals surface area contributed by atoms with E-state index >= 15 is 0 Å². The van der Waals surface area contributed by atoms with Crippen molar-refractivity contribution in [1.29, 1.82) is 0 Å². The van der Waals surface area contributed by atoms with Crippen LogP contribution in [0.4, 0.5) is 5.95 Å². The predicted molar refractivity (Wildman–Crippen MR) is 109 cm³/mol. The molecule has 0 aliphatic carbocycles. The smallest absolute Gasteiger partial charge is 0.259 e. The Bertz CT molecular complexity index is 1040. The number of amides is 1. The predicted octanol–water partition coefficient (Wildman–Crippen LogP) is 3.69. The van der Waals surface area contributed by atoms with Crippen molar-refractivity contribution in [2.75, 3.05) is 11.9 Å². The van der Waals surface area contributed by atoms with Crippen LogP contribution in [0.25, 0.3) is 11.0 Å². The molecular formula is C19H19BrN6O. The minimum Gasteiger partial charge on any atom is -0.308 e. The van der Waals surface area contributed by atoms with Gasteiger partial charge in [0.15, 0.2) is 0 Å². The number of fused-ring (bicyclic) bond motifs is 1. The van der Waals surface area contributed by atoms with Crippen LogP contribution in [0, 0.1) is 6.92 Å². The van der Waals surface area contributed by atoms with Gasteiger partial charge in [0.1, 0.15) is 5.84 Å². The number of aromatic nitrogens is 3. The van der Waals surface area contributed by atoms with Gasteiger partial charge < -0.3 is 5.43 Å². The number of benzene rings is 1. The number of halogens is 1. The van der Waals surface area contributed by atoms with Crippen LogP contribution < -0.4 is 10.7 Å². The normalized spacial score (nSPS) is 14.4. The summed E-state index contributed by atoms with van der Waals surface area (Å²) in [6.07, 6.45) is 6.14. The maximum absolute atomic E-state index is 12.8. The Morgan fingerprint density at radius 2 is 2.19 bits per heavy atom. The number of nitrogens with zero attached hydrogens (tertiary/aromatic N) is 4. The Hall–Kier alpha value is -2.74. The topological polar surface area (TPSA) is 84.2 Å². The molecule has 3 heterocycles. The van der Waals surface area contributed by atoms with Gasteiger partial charge in [-0.25, -0.2) is 4.98 Å². The molecule has 7 nitrogen and oxygen atoms in total. The Morgan fingerprint density at radius 3 is 3.04 bits per heavy atom. The van der Waals surface area contributed by atoms with Crippen molar-refractivity contribution < 1.29 is 4.79 Å². The molecule has 1 aliphatic heterocycles. The quantitative estimate of drug-likeness (QED) is 0.654. The van der Waals surface area contributed by atoms with Crippen LogP contribution in [0.1, 0.15) is 35.2 Å². The Kier molecular flexibility index (Phi) is 4.89. The summed E-state index contributed by atoms with van der Waals surface area (Å²) in [6.45, 7) is 2.75. The average Bonchev–Trinajstić information content (AvgIpc) is 2.83. The third-order valence-corrected chi connectivity index (χ3v) is 5.03. The number of aryl methyl sites for hydroxylation is 1. The van der Waals surface area contributed by atoms with E-state index in [0.717, 1.165) is 52.7 Å². The van der Waals surface area contributed by atoms with Crippen molar-refractivity contribution in [3.8, 4) is 0 Å². The largest absolute Gasteiger partial charge is 0.308 e. The molecule has 3 aromatic rings. The number of carbonyl (C=O) groups is 1. The summed E-state index contributed by atoms with van der Waals surface area (Å²) in [7, 11) is 0. The van der Waals surface area contributed by atoms with Gasteiger partial charge in [-0.05, 0) is 59.5 Å². The van der Waals surface area contributed by atoms with E-state index in [1.165, 1.54) is 0 Å². The molecule has 1 amide bonds. The fourth-order valence-electron chi connectivity index (χ4n) is 3.13. The van der Waals surface area contributed by atoms with Crippen LogP contribution in [0.5, 0.6) is 0 Å². The van der Waals surface area contributed by atoms with E-state index in [2.05, 4.69) is 41.7 Å². The van der Waals surface area contributed by atoms with Gasteiger partial charge in [-0.1, -0.05) is 6.07 Å². The third kappa shape index (κ3) is 3.57. The second-order valence-electron chi connectivity index (χ2n) is 6.48. The highest BCUT2D eigenvalue weighted by atomic mass is 79.9. The molecule has 4 rings (SSSR count). The first-order chi connectivity index (χ1) is 13.1. The molecule has 0 saturated carbocycles. The van der Waals surface area contributed by atoms with Crippen LogP contribution in [-0.4, -0.2) is 32.8 Å². The van der Waals surface area contributed by atoms with Crippen molar-refractivity contribution in [1.82, 2.24) is 20.0 Å². The first-order valence-electron chi connectivity index (χ1n) is 8.83. The molecule has 138 valence electrons. The zero-order chi connectivity index (χ0) is 18.8. The van der Waals surface area contributed by atoms with E-state index < -0.39 is 0 Å². The zero-order valence-corrected chi connectivity index (χ0v) is 16.5. The van der Waals surface area contributed by atoms with Gasteiger partial charge in [0, 0.05) is 29.8 Å². The number of anilines is 1. The molecule has 0 atom stereocenters. The fraction of sp³-hybridized carbons (Fsp3) is 0.263.